The Labute approximate surface area is 167 Å². The van der Waals surface area contributed by atoms with Gasteiger partial charge in [0.15, 0.2) is 0 Å². The summed E-state index contributed by atoms with van der Waals surface area (Å²) in [4.78, 5) is 39.3. The van der Waals surface area contributed by atoms with Crippen LogP contribution in [-0.2, 0) is 36.2 Å². The molecular formula is C20H27N3O4S. The van der Waals surface area contributed by atoms with Crippen molar-refractivity contribution in [1.29, 1.82) is 0 Å². The third-order valence-electron chi connectivity index (χ3n) is 5.81. The quantitative estimate of drug-likeness (QED) is 0.847. The molecule has 1 aliphatic heterocycles. The number of rotatable bonds is 3. The number of nitrogens with one attached hydrogen (secondary N) is 1. The number of amides is 1. The molecule has 0 radical (unpaired) electrons. The molecule has 1 aliphatic carbocycles. The van der Waals surface area contributed by atoms with E-state index in [1.165, 1.54) is 29.4 Å². The molecule has 152 valence electrons. The van der Waals surface area contributed by atoms with E-state index in [1.54, 1.807) is 0 Å². The fraction of sp³-hybridized carbons (Fsp3) is 0.650. The van der Waals surface area contributed by atoms with Crippen molar-refractivity contribution in [2.24, 2.45) is 7.05 Å². The van der Waals surface area contributed by atoms with Crippen molar-refractivity contribution in [3.05, 3.63) is 31.3 Å². The highest BCUT2D eigenvalue weighted by atomic mass is 32.1. The molecule has 0 unspecified atom stereocenters. The van der Waals surface area contributed by atoms with Gasteiger partial charge in [0, 0.05) is 30.0 Å². The van der Waals surface area contributed by atoms with Crippen molar-refractivity contribution in [3.8, 4) is 0 Å². The van der Waals surface area contributed by atoms with E-state index in [-0.39, 0.29) is 29.7 Å². The van der Waals surface area contributed by atoms with E-state index in [4.69, 9.17) is 4.74 Å². The predicted octanol–water partition coefficient (Wildman–Crippen LogP) is 2.06. The minimum Gasteiger partial charge on any atom is -0.370 e. The molecule has 0 aromatic carbocycles. The average molecular weight is 406 g/mol. The summed E-state index contributed by atoms with van der Waals surface area (Å²) in [6.07, 6.45) is 6.12. The van der Waals surface area contributed by atoms with E-state index >= 15 is 0 Å². The number of aromatic nitrogens is 2. The minimum absolute atomic E-state index is 0.0769. The Kier molecular flexibility index (Phi) is 4.95. The number of hydrogen-bond acceptors (Lipinski definition) is 5. The van der Waals surface area contributed by atoms with Crippen LogP contribution in [0.2, 0.25) is 0 Å². The fourth-order valence-corrected chi connectivity index (χ4v) is 5.76. The first-order chi connectivity index (χ1) is 13.3. The Morgan fingerprint density at radius 2 is 1.96 bits per heavy atom. The second-order valence-electron chi connectivity index (χ2n) is 8.54. The van der Waals surface area contributed by atoms with Gasteiger partial charge in [0.05, 0.1) is 17.7 Å². The molecule has 2 aromatic heterocycles. The lowest BCUT2D eigenvalue weighted by Gasteiger charge is -2.30. The molecule has 0 spiro atoms. The van der Waals surface area contributed by atoms with E-state index in [2.05, 4.69) is 5.32 Å². The van der Waals surface area contributed by atoms with Crippen molar-refractivity contribution >= 4 is 27.5 Å². The fourth-order valence-electron chi connectivity index (χ4n) is 4.26. The highest BCUT2D eigenvalue weighted by Gasteiger charge is 2.31. The molecule has 8 heteroatoms. The number of carbonyl (C=O) groups is 1. The first-order valence-corrected chi connectivity index (χ1v) is 10.8. The van der Waals surface area contributed by atoms with E-state index in [1.807, 2.05) is 13.8 Å². The second-order valence-corrected chi connectivity index (χ2v) is 9.65. The number of fused-ring (bicyclic) bond motifs is 3. The smallest absolute Gasteiger partial charge is 0.331 e. The lowest BCUT2D eigenvalue weighted by atomic mass is 9.95. The maximum atomic E-state index is 12.9. The van der Waals surface area contributed by atoms with Crippen LogP contribution in [0.3, 0.4) is 0 Å². The van der Waals surface area contributed by atoms with Crippen LogP contribution < -0.4 is 16.6 Å². The van der Waals surface area contributed by atoms with Crippen molar-refractivity contribution < 1.29 is 9.53 Å². The molecule has 2 aliphatic rings. The summed E-state index contributed by atoms with van der Waals surface area (Å²) < 4.78 is 9.01. The van der Waals surface area contributed by atoms with Crippen molar-refractivity contribution in [3.63, 3.8) is 0 Å². The first kappa shape index (κ1) is 19.4. The van der Waals surface area contributed by atoms with Gasteiger partial charge in [-0.25, -0.2) is 4.79 Å². The Bertz CT molecular complexity index is 1040. The monoisotopic (exact) mass is 405 g/mol. The number of thiophene rings is 1. The Morgan fingerprint density at radius 3 is 2.68 bits per heavy atom. The molecule has 4 rings (SSSR count). The summed E-state index contributed by atoms with van der Waals surface area (Å²) >= 11 is 1.42. The zero-order valence-corrected chi connectivity index (χ0v) is 17.5. The van der Waals surface area contributed by atoms with Gasteiger partial charge < -0.3 is 10.1 Å². The van der Waals surface area contributed by atoms with Crippen LogP contribution in [0.15, 0.2) is 9.59 Å². The maximum Gasteiger partial charge on any atom is 0.331 e. The average Bonchev–Trinajstić information content (AvgIpc) is 3.01. The minimum atomic E-state index is -0.457. The normalized spacial score (nSPS) is 19.5. The number of carbonyl (C=O) groups excluding carboxylic acids is 1. The molecule has 1 fully saturated rings. The molecule has 7 nitrogen and oxygen atoms in total. The van der Waals surface area contributed by atoms with Crippen molar-refractivity contribution in [2.75, 3.05) is 0 Å². The molecule has 2 aromatic rings. The predicted molar refractivity (Wildman–Crippen MR) is 109 cm³/mol. The van der Waals surface area contributed by atoms with Crippen LogP contribution in [0.1, 0.15) is 56.4 Å². The van der Waals surface area contributed by atoms with E-state index in [0.29, 0.717) is 23.2 Å². The van der Waals surface area contributed by atoms with Gasteiger partial charge in [0.1, 0.15) is 11.2 Å². The largest absolute Gasteiger partial charge is 0.370 e. The van der Waals surface area contributed by atoms with E-state index in [9.17, 15) is 14.4 Å². The molecule has 1 N–H and O–H groups in total. The van der Waals surface area contributed by atoms with Crippen LogP contribution in [-0.4, -0.2) is 26.7 Å². The molecule has 0 saturated heterocycles. The molecule has 0 atom stereocenters. The van der Waals surface area contributed by atoms with Crippen LogP contribution in [0.25, 0.3) is 10.2 Å². The van der Waals surface area contributed by atoms with Crippen LogP contribution >= 0.6 is 11.3 Å². The third kappa shape index (κ3) is 3.43. The lowest BCUT2D eigenvalue weighted by molar-refractivity contribution is -0.122. The van der Waals surface area contributed by atoms with Crippen LogP contribution in [0.4, 0.5) is 0 Å². The van der Waals surface area contributed by atoms with E-state index < -0.39 is 5.69 Å². The maximum absolute atomic E-state index is 12.9. The topological polar surface area (TPSA) is 82.3 Å². The highest BCUT2D eigenvalue weighted by molar-refractivity contribution is 7.19. The summed E-state index contributed by atoms with van der Waals surface area (Å²) in [7, 11) is 1.47. The summed E-state index contributed by atoms with van der Waals surface area (Å²) in [5, 5.41) is 3.06. The molecule has 28 heavy (non-hydrogen) atoms. The number of ether oxygens (including phenoxy) is 1. The van der Waals surface area contributed by atoms with Crippen LogP contribution in [0.5, 0.6) is 0 Å². The molecular weight excluding hydrogens is 378 g/mol. The van der Waals surface area contributed by atoms with Gasteiger partial charge in [-0.05, 0) is 26.7 Å². The first-order valence-electron chi connectivity index (χ1n) is 9.94. The number of hydrogen-bond donors (Lipinski definition) is 1. The van der Waals surface area contributed by atoms with Crippen molar-refractivity contribution in [2.45, 2.75) is 77.2 Å². The van der Waals surface area contributed by atoms with Gasteiger partial charge in [-0.15, -0.1) is 11.3 Å². The lowest BCUT2D eigenvalue weighted by Crippen LogP contribution is -2.43. The van der Waals surface area contributed by atoms with E-state index in [0.717, 1.165) is 40.7 Å². The third-order valence-corrected chi connectivity index (χ3v) is 7.02. The zero-order chi connectivity index (χ0) is 20.1. The van der Waals surface area contributed by atoms with Gasteiger partial charge in [0.25, 0.3) is 5.56 Å². The standard InChI is InChI=1S/C20H27N3O4S/c1-20(2)9-14-13(11-27-20)16-17(28-14)18(25)22(3)19(26)23(16)10-15(24)21-12-7-5-4-6-8-12/h12H,4-11H2,1-3H3,(H,21,24). The van der Waals surface area contributed by atoms with Gasteiger partial charge in [-0.3, -0.25) is 18.7 Å². The van der Waals surface area contributed by atoms with Crippen molar-refractivity contribution in [1.82, 2.24) is 14.5 Å². The second kappa shape index (κ2) is 7.15. The Balaban J connectivity index is 1.75. The highest BCUT2D eigenvalue weighted by Crippen LogP contribution is 2.37. The SMILES string of the molecule is Cn1c(=O)c2sc3c(c2n(CC(=O)NC2CCCCC2)c1=O)COC(C)(C)C3. The van der Waals surface area contributed by atoms with Gasteiger partial charge in [-0.2, -0.15) is 0 Å². The summed E-state index contributed by atoms with van der Waals surface area (Å²) in [5.74, 6) is -0.175. The molecule has 0 bridgehead atoms. The summed E-state index contributed by atoms with van der Waals surface area (Å²) in [5.41, 5.74) is 0.382. The van der Waals surface area contributed by atoms with Gasteiger partial charge >= 0.3 is 5.69 Å². The summed E-state index contributed by atoms with van der Waals surface area (Å²) in [6.45, 7) is 4.30. The molecule has 1 saturated carbocycles. The Hall–Kier alpha value is -1.93. The number of nitrogens with zero attached hydrogens (tertiary/aromatic N) is 2. The van der Waals surface area contributed by atoms with Gasteiger partial charge in [-0.1, -0.05) is 19.3 Å². The molecule has 3 heterocycles. The van der Waals surface area contributed by atoms with Gasteiger partial charge in [0.2, 0.25) is 5.91 Å². The Morgan fingerprint density at radius 1 is 1.25 bits per heavy atom. The zero-order valence-electron chi connectivity index (χ0n) is 16.7. The molecule has 1 amide bonds. The summed E-state index contributed by atoms with van der Waals surface area (Å²) in [6, 6.07) is 0.181. The van der Waals surface area contributed by atoms with Crippen LogP contribution in [0, 0.1) is 0 Å².